The third-order valence-corrected chi connectivity index (χ3v) is 8.64. The normalized spacial score (nSPS) is 11.1. The van der Waals surface area contributed by atoms with E-state index < -0.39 is 0 Å². The molecular weight excluding hydrogens is 542 g/mol. The second-order valence-electron chi connectivity index (χ2n) is 11.5. The third-order valence-electron chi connectivity index (χ3n) is 8.64. The fourth-order valence-electron chi connectivity index (χ4n) is 6.42. The minimum absolute atomic E-state index is 1.06. The smallest absolute Gasteiger partial charge is 0.0390 e. The van der Waals surface area contributed by atoms with Gasteiger partial charge in [-0.05, 0) is 102 Å². The molecule has 0 aliphatic carbocycles. The lowest BCUT2D eigenvalue weighted by Crippen LogP contribution is -1.93. The van der Waals surface area contributed by atoms with Crippen molar-refractivity contribution in [3.8, 4) is 44.5 Å². The molecule has 8 rings (SSSR count). The highest BCUT2D eigenvalue weighted by Gasteiger charge is 2.12. The zero-order chi connectivity index (χ0) is 30.0. The molecule has 8 aromatic carbocycles. The summed E-state index contributed by atoms with van der Waals surface area (Å²) in [5, 5.41) is 8.79. The first kappa shape index (κ1) is 26.7. The maximum Gasteiger partial charge on any atom is 0.0390 e. The Hall–Kier alpha value is -5.92. The maximum absolute atomic E-state index is 3.68. The van der Waals surface area contributed by atoms with Crippen LogP contribution in [0.4, 0.5) is 11.4 Å². The van der Waals surface area contributed by atoms with E-state index in [0.29, 0.717) is 0 Å². The monoisotopic (exact) mass is 573 g/mol. The van der Waals surface area contributed by atoms with Crippen LogP contribution in [-0.2, 0) is 0 Å². The molecule has 1 nitrogen and oxygen atoms in total. The van der Waals surface area contributed by atoms with E-state index in [0.717, 1.165) is 11.4 Å². The van der Waals surface area contributed by atoms with Gasteiger partial charge in [0.1, 0.15) is 0 Å². The number of nitrogens with one attached hydrogen (secondary N) is 1. The number of hydrogen-bond donors (Lipinski definition) is 1. The molecule has 0 unspecified atom stereocenters. The summed E-state index contributed by atoms with van der Waals surface area (Å²) in [4.78, 5) is 0. The van der Waals surface area contributed by atoms with Gasteiger partial charge in [-0.2, -0.15) is 0 Å². The quantitative estimate of drug-likeness (QED) is 0.195. The van der Waals surface area contributed by atoms with Crippen LogP contribution in [0.2, 0.25) is 0 Å². The predicted octanol–water partition coefficient (Wildman–Crippen LogP) is 12.4. The van der Waals surface area contributed by atoms with Crippen LogP contribution in [0.1, 0.15) is 0 Å². The summed E-state index contributed by atoms with van der Waals surface area (Å²) in [5.41, 5.74) is 11.8. The molecule has 0 saturated heterocycles. The minimum Gasteiger partial charge on any atom is -0.356 e. The minimum atomic E-state index is 1.06. The van der Waals surface area contributed by atoms with Crippen molar-refractivity contribution in [1.29, 1.82) is 0 Å². The summed E-state index contributed by atoms with van der Waals surface area (Å²) in [7, 11) is 0. The van der Waals surface area contributed by atoms with E-state index >= 15 is 0 Å². The lowest BCUT2D eigenvalue weighted by molar-refractivity contribution is 1.52. The summed E-state index contributed by atoms with van der Waals surface area (Å²) in [5.74, 6) is 0. The van der Waals surface area contributed by atoms with E-state index in [2.05, 4.69) is 187 Å². The van der Waals surface area contributed by atoms with Gasteiger partial charge in [0.15, 0.2) is 0 Å². The largest absolute Gasteiger partial charge is 0.356 e. The third kappa shape index (κ3) is 5.26. The van der Waals surface area contributed by atoms with Crippen molar-refractivity contribution in [2.45, 2.75) is 0 Å². The van der Waals surface area contributed by atoms with E-state index in [9.17, 15) is 0 Å². The van der Waals surface area contributed by atoms with Crippen LogP contribution in [0.25, 0.3) is 66.1 Å². The Kier molecular flexibility index (Phi) is 6.90. The SMILES string of the molecule is c1ccc(-c2cccc(-c3ccc(Nc4ccc(-c5cc6ccccc6c6ccccc56)cc4)cc3-c3ccccc3)c2)cc1. The average Bonchev–Trinajstić information content (AvgIpc) is 3.12. The topological polar surface area (TPSA) is 12.0 Å². The standard InChI is InChI=1S/C44H31N/c1-3-12-31(13-4-1)34-17-11-18-35(28-34)40-27-26-38(30-44(40)32-14-5-2-6-15-32)45-37-24-22-33(23-25-37)43-29-36-16-7-8-19-39(36)41-20-9-10-21-42(41)43/h1-30,45H. The van der Waals surface area contributed by atoms with Gasteiger partial charge in [0.2, 0.25) is 0 Å². The summed E-state index contributed by atoms with van der Waals surface area (Å²) in [6, 6.07) is 65.2. The molecular formula is C44H31N. The molecule has 1 heteroatoms. The lowest BCUT2D eigenvalue weighted by Gasteiger charge is -2.16. The molecule has 45 heavy (non-hydrogen) atoms. The Morgan fingerprint density at radius 2 is 0.844 bits per heavy atom. The molecule has 0 atom stereocenters. The fourth-order valence-corrected chi connectivity index (χ4v) is 6.42. The second-order valence-corrected chi connectivity index (χ2v) is 11.5. The number of hydrogen-bond acceptors (Lipinski definition) is 1. The molecule has 0 radical (unpaired) electrons. The van der Waals surface area contributed by atoms with Gasteiger partial charge < -0.3 is 5.32 Å². The molecule has 0 spiro atoms. The molecule has 0 aliphatic heterocycles. The van der Waals surface area contributed by atoms with Crippen LogP contribution in [0, 0.1) is 0 Å². The van der Waals surface area contributed by atoms with E-state index in [1.165, 1.54) is 66.1 Å². The zero-order valence-corrected chi connectivity index (χ0v) is 24.8. The van der Waals surface area contributed by atoms with Crippen LogP contribution >= 0.6 is 0 Å². The summed E-state index contributed by atoms with van der Waals surface area (Å²) < 4.78 is 0. The van der Waals surface area contributed by atoms with Gasteiger partial charge in [-0.25, -0.2) is 0 Å². The summed E-state index contributed by atoms with van der Waals surface area (Å²) in [6.45, 7) is 0. The van der Waals surface area contributed by atoms with E-state index in [-0.39, 0.29) is 0 Å². The molecule has 1 N–H and O–H groups in total. The number of fused-ring (bicyclic) bond motifs is 3. The van der Waals surface area contributed by atoms with Gasteiger partial charge >= 0.3 is 0 Å². The molecule has 0 fully saturated rings. The van der Waals surface area contributed by atoms with E-state index in [4.69, 9.17) is 0 Å². The predicted molar refractivity (Wildman–Crippen MR) is 193 cm³/mol. The number of benzene rings is 8. The molecule has 8 aromatic rings. The molecule has 0 heterocycles. The Morgan fingerprint density at radius 1 is 0.267 bits per heavy atom. The van der Waals surface area contributed by atoms with Gasteiger partial charge in [0.25, 0.3) is 0 Å². The highest BCUT2D eigenvalue weighted by Crippen LogP contribution is 2.38. The van der Waals surface area contributed by atoms with E-state index in [1.807, 2.05) is 0 Å². The van der Waals surface area contributed by atoms with Crippen molar-refractivity contribution < 1.29 is 0 Å². The van der Waals surface area contributed by atoms with Crippen molar-refractivity contribution in [2.24, 2.45) is 0 Å². The lowest BCUT2D eigenvalue weighted by atomic mass is 9.92. The van der Waals surface area contributed by atoms with Gasteiger partial charge in [-0.15, -0.1) is 0 Å². The molecule has 0 saturated carbocycles. The van der Waals surface area contributed by atoms with Crippen molar-refractivity contribution in [3.63, 3.8) is 0 Å². The summed E-state index contributed by atoms with van der Waals surface area (Å²) in [6.07, 6.45) is 0. The van der Waals surface area contributed by atoms with Crippen LogP contribution in [0.15, 0.2) is 182 Å². The van der Waals surface area contributed by atoms with Crippen molar-refractivity contribution in [3.05, 3.63) is 182 Å². The Labute approximate surface area is 264 Å². The first-order valence-electron chi connectivity index (χ1n) is 15.4. The zero-order valence-electron chi connectivity index (χ0n) is 24.8. The number of rotatable bonds is 6. The Morgan fingerprint density at radius 3 is 1.62 bits per heavy atom. The number of anilines is 2. The van der Waals surface area contributed by atoms with Crippen molar-refractivity contribution in [1.82, 2.24) is 0 Å². The first-order chi connectivity index (χ1) is 22.3. The second kappa shape index (κ2) is 11.6. The van der Waals surface area contributed by atoms with Crippen LogP contribution < -0.4 is 5.32 Å². The van der Waals surface area contributed by atoms with Gasteiger partial charge in [-0.3, -0.25) is 0 Å². The van der Waals surface area contributed by atoms with E-state index in [1.54, 1.807) is 0 Å². The Balaban J connectivity index is 1.14. The summed E-state index contributed by atoms with van der Waals surface area (Å²) >= 11 is 0. The molecule has 212 valence electrons. The molecule has 0 aliphatic rings. The van der Waals surface area contributed by atoms with Crippen molar-refractivity contribution in [2.75, 3.05) is 5.32 Å². The van der Waals surface area contributed by atoms with Crippen LogP contribution in [0.3, 0.4) is 0 Å². The molecule has 0 amide bonds. The van der Waals surface area contributed by atoms with Crippen LogP contribution in [-0.4, -0.2) is 0 Å². The highest BCUT2D eigenvalue weighted by molar-refractivity contribution is 6.13. The first-order valence-corrected chi connectivity index (χ1v) is 15.4. The maximum atomic E-state index is 3.68. The molecule has 0 bridgehead atoms. The highest BCUT2D eigenvalue weighted by atomic mass is 14.9. The molecule has 0 aromatic heterocycles. The van der Waals surface area contributed by atoms with Crippen LogP contribution in [0.5, 0.6) is 0 Å². The van der Waals surface area contributed by atoms with Gasteiger partial charge in [0, 0.05) is 11.4 Å². The average molecular weight is 574 g/mol. The van der Waals surface area contributed by atoms with Crippen molar-refractivity contribution >= 4 is 32.9 Å². The fraction of sp³-hybridized carbons (Fsp3) is 0. The van der Waals surface area contributed by atoms with Gasteiger partial charge in [0.05, 0.1) is 0 Å². The Bertz CT molecular complexity index is 2270. The van der Waals surface area contributed by atoms with Gasteiger partial charge in [-0.1, -0.05) is 146 Å².